The van der Waals surface area contributed by atoms with Crippen molar-refractivity contribution in [3.8, 4) is 0 Å². The predicted octanol–water partition coefficient (Wildman–Crippen LogP) is 4.55. The van der Waals surface area contributed by atoms with E-state index in [9.17, 15) is 8.60 Å². The lowest BCUT2D eigenvalue weighted by molar-refractivity contribution is 0.485. The molecule has 0 N–H and O–H groups in total. The molecule has 110 valence electrons. The first-order chi connectivity index (χ1) is 10.8. The summed E-state index contributed by atoms with van der Waals surface area (Å²) in [6.07, 6.45) is 7.23. The van der Waals surface area contributed by atoms with Gasteiger partial charge in [-0.05, 0) is 46.4 Å². The van der Waals surface area contributed by atoms with Crippen molar-refractivity contribution in [2.45, 2.75) is 25.9 Å². The lowest BCUT2D eigenvalue weighted by Gasteiger charge is -2.26. The molecule has 2 aliphatic carbocycles. The Balaban J connectivity index is 2.06. The summed E-state index contributed by atoms with van der Waals surface area (Å²) in [5.41, 5.74) is 5.52. The SMILES string of the molecule is O=S=C1CC2=C(C=CCC2)c2ccc3cc(CF)ccc3c21. The van der Waals surface area contributed by atoms with Crippen molar-refractivity contribution in [2.24, 2.45) is 0 Å². The van der Waals surface area contributed by atoms with Crippen LogP contribution in [0.4, 0.5) is 4.39 Å². The maximum Gasteiger partial charge on any atom is 0.115 e. The van der Waals surface area contributed by atoms with Gasteiger partial charge in [0.05, 0.1) is 16.1 Å². The lowest BCUT2D eigenvalue weighted by atomic mass is 9.79. The van der Waals surface area contributed by atoms with Gasteiger partial charge in [-0.25, -0.2) is 8.60 Å². The summed E-state index contributed by atoms with van der Waals surface area (Å²) in [6, 6.07) is 9.77. The Morgan fingerprint density at radius 2 is 2.09 bits per heavy atom. The first-order valence-corrected chi connectivity index (χ1v) is 8.22. The fourth-order valence-electron chi connectivity index (χ4n) is 3.52. The van der Waals surface area contributed by atoms with Crippen LogP contribution in [0, 0.1) is 0 Å². The summed E-state index contributed by atoms with van der Waals surface area (Å²) < 4.78 is 24.5. The average molecular weight is 310 g/mol. The third-order valence-corrected chi connectivity index (χ3v) is 5.11. The van der Waals surface area contributed by atoms with Gasteiger partial charge in [0.1, 0.15) is 6.67 Å². The van der Waals surface area contributed by atoms with Crippen LogP contribution in [0.25, 0.3) is 16.3 Å². The molecule has 3 heteroatoms. The highest BCUT2D eigenvalue weighted by molar-refractivity contribution is 7.67. The minimum atomic E-state index is -0.460. The van der Waals surface area contributed by atoms with Crippen LogP contribution in [0.5, 0.6) is 0 Å². The van der Waals surface area contributed by atoms with Crippen molar-refractivity contribution in [1.29, 1.82) is 0 Å². The number of benzene rings is 2. The summed E-state index contributed by atoms with van der Waals surface area (Å²) in [5.74, 6) is 0. The second-order valence-electron chi connectivity index (χ2n) is 5.82. The maximum absolute atomic E-state index is 12.9. The highest BCUT2D eigenvalue weighted by Gasteiger charge is 2.24. The van der Waals surface area contributed by atoms with Gasteiger partial charge < -0.3 is 0 Å². The molecule has 0 spiro atoms. The summed E-state index contributed by atoms with van der Waals surface area (Å²) in [7, 11) is 0. The minimum absolute atomic E-state index is 0.460. The molecule has 0 aromatic heterocycles. The van der Waals surface area contributed by atoms with E-state index in [1.54, 1.807) is 0 Å². The summed E-state index contributed by atoms with van der Waals surface area (Å²) in [6.45, 7) is -0.460. The highest BCUT2D eigenvalue weighted by atomic mass is 32.1. The average Bonchev–Trinajstić information content (AvgIpc) is 2.59. The molecule has 0 radical (unpaired) electrons. The van der Waals surface area contributed by atoms with Crippen molar-refractivity contribution in [3.05, 3.63) is 64.7 Å². The van der Waals surface area contributed by atoms with Crippen molar-refractivity contribution in [1.82, 2.24) is 0 Å². The van der Waals surface area contributed by atoms with Gasteiger partial charge in [0.2, 0.25) is 0 Å². The van der Waals surface area contributed by atoms with E-state index in [0.29, 0.717) is 16.8 Å². The lowest BCUT2D eigenvalue weighted by Crippen LogP contribution is -2.14. The van der Waals surface area contributed by atoms with Crippen LogP contribution in [0.2, 0.25) is 0 Å². The van der Waals surface area contributed by atoms with Crippen molar-refractivity contribution >= 4 is 32.5 Å². The molecule has 1 nitrogen and oxygen atoms in total. The van der Waals surface area contributed by atoms with E-state index in [4.69, 9.17) is 0 Å². The highest BCUT2D eigenvalue weighted by Crippen LogP contribution is 2.39. The van der Waals surface area contributed by atoms with Gasteiger partial charge in [0, 0.05) is 12.0 Å². The molecule has 0 amide bonds. The molecular formula is C19H15FOS. The Labute approximate surface area is 132 Å². The smallest absolute Gasteiger partial charge is 0.115 e. The van der Waals surface area contributed by atoms with Crippen molar-refractivity contribution < 1.29 is 8.60 Å². The van der Waals surface area contributed by atoms with E-state index >= 15 is 0 Å². The maximum atomic E-state index is 12.9. The molecule has 0 atom stereocenters. The van der Waals surface area contributed by atoms with Crippen LogP contribution < -0.4 is 0 Å². The second kappa shape index (κ2) is 5.33. The first kappa shape index (κ1) is 13.6. The molecule has 0 fully saturated rings. The predicted molar refractivity (Wildman–Crippen MR) is 90.9 cm³/mol. The van der Waals surface area contributed by atoms with E-state index in [2.05, 4.69) is 18.2 Å². The summed E-state index contributed by atoms with van der Waals surface area (Å²) in [5, 5.41) is 2.06. The number of allylic oxidation sites excluding steroid dienone is 4. The topological polar surface area (TPSA) is 17.1 Å². The zero-order valence-corrected chi connectivity index (χ0v) is 12.9. The molecule has 0 saturated carbocycles. The number of rotatable bonds is 1. The Kier molecular flexibility index (Phi) is 3.30. The number of fused-ring (bicyclic) bond motifs is 4. The second-order valence-corrected chi connectivity index (χ2v) is 6.48. The van der Waals surface area contributed by atoms with Gasteiger partial charge in [-0.1, -0.05) is 42.0 Å². The van der Waals surface area contributed by atoms with Crippen LogP contribution in [0.15, 0.2) is 48.1 Å². The molecule has 2 aromatic carbocycles. The Hall–Kier alpha value is -2.00. The zero-order chi connectivity index (χ0) is 15.1. The molecule has 4 rings (SSSR count). The third-order valence-electron chi connectivity index (χ3n) is 4.56. The van der Waals surface area contributed by atoms with Crippen molar-refractivity contribution in [3.63, 3.8) is 0 Å². The van der Waals surface area contributed by atoms with Gasteiger partial charge in [-0.3, -0.25) is 0 Å². The molecule has 2 aliphatic rings. The minimum Gasteiger partial charge on any atom is -0.246 e. The Bertz CT molecular complexity index is 901. The quantitative estimate of drug-likeness (QED) is 0.706. The van der Waals surface area contributed by atoms with E-state index < -0.39 is 6.67 Å². The molecule has 0 aliphatic heterocycles. The molecule has 0 unspecified atom stereocenters. The third kappa shape index (κ3) is 2.00. The van der Waals surface area contributed by atoms with Gasteiger partial charge in [0.15, 0.2) is 0 Å². The fourth-order valence-corrected chi connectivity index (χ4v) is 4.05. The normalized spacial score (nSPS) is 16.7. The Morgan fingerprint density at radius 1 is 1.18 bits per heavy atom. The van der Waals surface area contributed by atoms with Crippen molar-refractivity contribution in [2.75, 3.05) is 0 Å². The largest absolute Gasteiger partial charge is 0.246 e. The van der Waals surface area contributed by atoms with E-state index in [0.717, 1.165) is 46.0 Å². The Morgan fingerprint density at radius 3 is 2.91 bits per heavy atom. The van der Waals surface area contributed by atoms with Crippen LogP contribution in [0.3, 0.4) is 0 Å². The molecular weight excluding hydrogens is 295 g/mol. The van der Waals surface area contributed by atoms with E-state index in [-0.39, 0.29) is 0 Å². The number of hydrogen-bond acceptors (Lipinski definition) is 1. The van der Waals surface area contributed by atoms with Crippen LogP contribution >= 0.6 is 0 Å². The number of halogens is 1. The van der Waals surface area contributed by atoms with Crippen LogP contribution in [0.1, 0.15) is 36.0 Å². The fraction of sp³-hybridized carbons (Fsp3) is 0.211. The monoisotopic (exact) mass is 310 g/mol. The van der Waals surface area contributed by atoms with E-state index in [1.165, 1.54) is 11.1 Å². The molecule has 2 aromatic rings. The standard InChI is InChI=1S/C19H15FOS/c20-11-12-5-7-16-14(9-12)6-8-17-15-4-2-1-3-13(15)10-18(22-21)19(16)17/h2,4-9H,1,3,10-11H2. The first-order valence-electron chi connectivity index (χ1n) is 7.48. The van der Waals surface area contributed by atoms with Crippen LogP contribution in [-0.4, -0.2) is 9.07 Å². The molecule has 0 heterocycles. The van der Waals surface area contributed by atoms with Crippen LogP contribution in [-0.2, 0) is 17.9 Å². The summed E-state index contributed by atoms with van der Waals surface area (Å²) >= 11 is 0.603. The van der Waals surface area contributed by atoms with E-state index in [1.807, 2.05) is 24.3 Å². The van der Waals surface area contributed by atoms with Gasteiger partial charge in [-0.2, -0.15) is 0 Å². The number of hydrogen-bond donors (Lipinski definition) is 0. The molecule has 0 saturated heterocycles. The molecule has 0 bridgehead atoms. The van der Waals surface area contributed by atoms with Gasteiger partial charge >= 0.3 is 0 Å². The zero-order valence-electron chi connectivity index (χ0n) is 12.1. The summed E-state index contributed by atoms with van der Waals surface area (Å²) in [4.78, 5) is 0.891. The van der Waals surface area contributed by atoms with Gasteiger partial charge in [0.25, 0.3) is 0 Å². The number of alkyl halides is 1. The van der Waals surface area contributed by atoms with Gasteiger partial charge in [-0.15, -0.1) is 0 Å². The molecule has 22 heavy (non-hydrogen) atoms.